The maximum atomic E-state index is 13.5. The van der Waals surface area contributed by atoms with E-state index >= 15 is 0 Å². The molecule has 0 amide bonds. The molecule has 0 fully saturated rings. The van der Waals surface area contributed by atoms with Gasteiger partial charge in [-0.2, -0.15) is 0 Å². The molecule has 0 aliphatic heterocycles. The van der Waals surface area contributed by atoms with Crippen molar-refractivity contribution in [3.05, 3.63) is 57.8 Å². The van der Waals surface area contributed by atoms with Crippen LogP contribution in [0.5, 0.6) is 0 Å². The molecule has 0 aromatic heterocycles. The second-order valence-corrected chi connectivity index (χ2v) is 4.81. The Morgan fingerprint density at radius 2 is 1.81 bits per heavy atom. The van der Waals surface area contributed by atoms with E-state index in [2.05, 4.69) is 22.0 Å². The van der Waals surface area contributed by atoms with Gasteiger partial charge in [0.25, 0.3) is 0 Å². The molecule has 0 nitrogen and oxygen atoms in total. The molecule has 0 aliphatic rings. The average molecular weight is 279 g/mol. The summed E-state index contributed by atoms with van der Waals surface area (Å²) in [5, 5.41) is 0. The monoisotopic (exact) mass is 278 g/mol. The maximum absolute atomic E-state index is 13.5. The number of rotatable bonds is 1. The lowest BCUT2D eigenvalue weighted by atomic mass is 9.99. The van der Waals surface area contributed by atoms with Gasteiger partial charge in [-0.25, -0.2) is 4.39 Å². The Bertz CT molecular complexity index is 532. The first-order valence-electron chi connectivity index (χ1n) is 5.10. The summed E-state index contributed by atoms with van der Waals surface area (Å²) < 4.78 is 14.0. The Morgan fingerprint density at radius 3 is 2.50 bits per heavy atom. The van der Waals surface area contributed by atoms with Crippen LogP contribution in [0, 0.1) is 19.7 Å². The topological polar surface area (TPSA) is 0 Å². The fourth-order valence-corrected chi connectivity index (χ4v) is 2.23. The van der Waals surface area contributed by atoms with Crippen LogP contribution in [0.15, 0.2) is 40.9 Å². The molecule has 2 aromatic rings. The molecule has 0 bridgehead atoms. The highest BCUT2D eigenvalue weighted by molar-refractivity contribution is 9.10. The molecular weight excluding hydrogens is 267 g/mol. The van der Waals surface area contributed by atoms with Gasteiger partial charge in [-0.3, -0.25) is 0 Å². The summed E-state index contributed by atoms with van der Waals surface area (Å²) in [5.41, 5.74) is 4.26. The van der Waals surface area contributed by atoms with Gasteiger partial charge in [0.1, 0.15) is 5.82 Å². The van der Waals surface area contributed by atoms with E-state index in [0.29, 0.717) is 4.47 Å². The van der Waals surface area contributed by atoms with Crippen LogP contribution in [0.1, 0.15) is 11.1 Å². The molecule has 2 aromatic carbocycles. The van der Waals surface area contributed by atoms with Gasteiger partial charge in [-0.15, -0.1) is 0 Å². The Balaban J connectivity index is 2.60. The third-order valence-corrected chi connectivity index (χ3v) is 3.20. The first kappa shape index (κ1) is 11.3. The average Bonchev–Trinajstić information content (AvgIpc) is 2.23. The summed E-state index contributed by atoms with van der Waals surface area (Å²) in [6.07, 6.45) is 0. The largest absolute Gasteiger partial charge is 0.206 e. The van der Waals surface area contributed by atoms with Gasteiger partial charge in [0.15, 0.2) is 0 Å². The van der Waals surface area contributed by atoms with Gasteiger partial charge in [-0.1, -0.05) is 29.8 Å². The van der Waals surface area contributed by atoms with Crippen LogP contribution < -0.4 is 0 Å². The lowest BCUT2D eigenvalue weighted by molar-refractivity contribution is 0.621. The van der Waals surface area contributed by atoms with Crippen molar-refractivity contribution in [3.8, 4) is 11.1 Å². The smallest absolute Gasteiger partial charge is 0.138 e. The fraction of sp³-hybridized carbons (Fsp3) is 0.143. The molecule has 0 saturated heterocycles. The number of hydrogen-bond acceptors (Lipinski definition) is 0. The summed E-state index contributed by atoms with van der Waals surface area (Å²) in [4.78, 5) is 0. The van der Waals surface area contributed by atoms with Crippen molar-refractivity contribution < 1.29 is 4.39 Å². The Labute approximate surface area is 103 Å². The fourth-order valence-electron chi connectivity index (χ4n) is 1.77. The second-order valence-electron chi connectivity index (χ2n) is 3.95. The lowest BCUT2D eigenvalue weighted by Crippen LogP contribution is -1.87. The van der Waals surface area contributed by atoms with E-state index in [0.717, 1.165) is 16.7 Å². The van der Waals surface area contributed by atoms with Gasteiger partial charge >= 0.3 is 0 Å². The SMILES string of the molecule is Cc1cccc(-c2cc(F)c(Br)cc2C)c1. The van der Waals surface area contributed by atoms with Crippen LogP contribution in [0.25, 0.3) is 11.1 Å². The predicted octanol–water partition coefficient (Wildman–Crippen LogP) is 4.87. The summed E-state index contributed by atoms with van der Waals surface area (Å²) in [5.74, 6) is -0.220. The molecule has 82 valence electrons. The van der Waals surface area contributed by atoms with Gasteiger partial charge in [0.2, 0.25) is 0 Å². The zero-order valence-corrected chi connectivity index (χ0v) is 10.8. The van der Waals surface area contributed by atoms with Crippen LogP contribution in [-0.2, 0) is 0 Å². The molecule has 0 spiro atoms. The minimum absolute atomic E-state index is 0.220. The number of hydrogen-bond donors (Lipinski definition) is 0. The molecule has 0 aliphatic carbocycles. The van der Waals surface area contributed by atoms with Crippen molar-refractivity contribution in [2.45, 2.75) is 13.8 Å². The normalized spacial score (nSPS) is 10.5. The highest BCUT2D eigenvalue weighted by Gasteiger charge is 2.07. The van der Waals surface area contributed by atoms with E-state index in [1.165, 1.54) is 5.56 Å². The molecule has 0 N–H and O–H groups in total. The highest BCUT2D eigenvalue weighted by atomic mass is 79.9. The Hall–Kier alpha value is -1.15. The van der Waals surface area contributed by atoms with Gasteiger partial charge in [0, 0.05) is 0 Å². The van der Waals surface area contributed by atoms with Crippen LogP contribution in [-0.4, -0.2) is 0 Å². The van der Waals surface area contributed by atoms with E-state index in [9.17, 15) is 4.39 Å². The number of aryl methyl sites for hydroxylation is 2. The summed E-state index contributed by atoms with van der Waals surface area (Å²) in [7, 11) is 0. The molecule has 2 rings (SSSR count). The third kappa shape index (κ3) is 2.17. The van der Waals surface area contributed by atoms with E-state index in [1.54, 1.807) is 6.07 Å². The number of halogens is 2. The van der Waals surface area contributed by atoms with Crippen LogP contribution in [0.2, 0.25) is 0 Å². The van der Waals surface area contributed by atoms with Gasteiger partial charge in [0.05, 0.1) is 4.47 Å². The molecule has 0 heterocycles. The first-order chi connectivity index (χ1) is 7.58. The zero-order valence-electron chi connectivity index (χ0n) is 9.22. The molecular formula is C14H12BrF. The second kappa shape index (κ2) is 4.38. The van der Waals surface area contributed by atoms with Crippen molar-refractivity contribution in [2.75, 3.05) is 0 Å². The van der Waals surface area contributed by atoms with Crippen molar-refractivity contribution in [3.63, 3.8) is 0 Å². The minimum atomic E-state index is -0.220. The standard InChI is InChI=1S/C14H12BrF/c1-9-4-3-5-11(6-9)12-8-14(16)13(15)7-10(12)2/h3-8H,1-2H3. The van der Waals surface area contributed by atoms with Gasteiger partial charge < -0.3 is 0 Å². The van der Waals surface area contributed by atoms with Crippen LogP contribution in [0.4, 0.5) is 4.39 Å². The zero-order chi connectivity index (χ0) is 11.7. The van der Waals surface area contributed by atoms with E-state index in [4.69, 9.17) is 0 Å². The third-order valence-electron chi connectivity index (χ3n) is 2.60. The van der Waals surface area contributed by atoms with Crippen LogP contribution in [0.3, 0.4) is 0 Å². The number of benzene rings is 2. The summed E-state index contributed by atoms with van der Waals surface area (Å²) >= 11 is 3.19. The van der Waals surface area contributed by atoms with Crippen molar-refractivity contribution in [2.24, 2.45) is 0 Å². The molecule has 0 radical (unpaired) electrons. The molecule has 16 heavy (non-hydrogen) atoms. The van der Waals surface area contributed by atoms with Crippen molar-refractivity contribution >= 4 is 15.9 Å². The Morgan fingerprint density at radius 1 is 1.06 bits per heavy atom. The van der Waals surface area contributed by atoms with E-state index in [-0.39, 0.29) is 5.82 Å². The summed E-state index contributed by atoms with van der Waals surface area (Å²) in [6.45, 7) is 4.02. The molecule has 2 heteroatoms. The van der Waals surface area contributed by atoms with Crippen molar-refractivity contribution in [1.29, 1.82) is 0 Å². The van der Waals surface area contributed by atoms with Gasteiger partial charge in [-0.05, 0) is 58.6 Å². The minimum Gasteiger partial charge on any atom is -0.206 e. The van der Waals surface area contributed by atoms with Crippen LogP contribution >= 0.6 is 15.9 Å². The highest BCUT2D eigenvalue weighted by Crippen LogP contribution is 2.28. The van der Waals surface area contributed by atoms with E-state index < -0.39 is 0 Å². The quantitative estimate of drug-likeness (QED) is 0.698. The maximum Gasteiger partial charge on any atom is 0.138 e. The lowest BCUT2D eigenvalue weighted by Gasteiger charge is -2.08. The predicted molar refractivity (Wildman–Crippen MR) is 69.0 cm³/mol. The Kier molecular flexibility index (Phi) is 3.10. The summed E-state index contributed by atoms with van der Waals surface area (Å²) in [6, 6.07) is 11.5. The first-order valence-corrected chi connectivity index (χ1v) is 5.90. The molecule has 0 saturated carbocycles. The molecule has 0 atom stereocenters. The van der Waals surface area contributed by atoms with E-state index in [1.807, 2.05) is 38.1 Å². The van der Waals surface area contributed by atoms with Crippen molar-refractivity contribution in [1.82, 2.24) is 0 Å². The molecule has 0 unspecified atom stereocenters.